The summed E-state index contributed by atoms with van der Waals surface area (Å²) in [5.41, 5.74) is 0.777. The fourth-order valence-corrected chi connectivity index (χ4v) is 2.20. The molecule has 1 aromatic heterocycles. The quantitative estimate of drug-likeness (QED) is 0.542. The minimum atomic E-state index is -1.00. The average Bonchev–Trinajstić information content (AvgIpc) is 2.95. The first-order valence-corrected chi connectivity index (χ1v) is 7.99. The largest absolute Gasteiger partial charge is 0.468 e. The molecule has 2 nitrogen and oxygen atoms in total. The van der Waals surface area contributed by atoms with Crippen LogP contribution < -0.4 is 0 Å². The molecule has 114 valence electrons. The summed E-state index contributed by atoms with van der Waals surface area (Å²) in [5.74, 6) is 8.50. The lowest BCUT2D eigenvalue weighted by molar-refractivity contribution is 0.290. The van der Waals surface area contributed by atoms with Crippen LogP contribution in [0.5, 0.6) is 0 Å². The SMILES string of the molecule is C#CC(O)C#Cc1coc(CCCCCCCCCC)c1. The Hall–Kier alpha value is -1.64. The Kier molecular flexibility index (Phi) is 9.18. The first-order chi connectivity index (χ1) is 10.3. The van der Waals surface area contributed by atoms with Crippen molar-refractivity contribution in [1.29, 1.82) is 0 Å². The van der Waals surface area contributed by atoms with Gasteiger partial charge in [0.25, 0.3) is 0 Å². The molecule has 21 heavy (non-hydrogen) atoms. The predicted molar refractivity (Wildman–Crippen MR) is 86.7 cm³/mol. The van der Waals surface area contributed by atoms with Crippen LogP contribution in [0.15, 0.2) is 16.7 Å². The minimum absolute atomic E-state index is 0.777. The molecular formula is C19H26O2. The third kappa shape index (κ3) is 8.28. The van der Waals surface area contributed by atoms with Crippen LogP contribution in [0.2, 0.25) is 0 Å². The molecule has 0 fully saturated rings. The Morgan fingerprint density at radius 3 is 2.48 bits per heavy atom. The summed E-state index contributed by atoms with van der Waals surface area (Å²) < 4.78 is 5.45. The van der Waals surface area contributed by atoms with E-state index in [-0.39, 0.29) is 0 Å². The number of hydrogen-bond acceptors (Lipinski definition) is 2. The van der Waals surface area contributed by atoms with Crippen LogP contribution in [-0.2, 0) is 6.42 Å². The topological polar surface area (TPSA) is 33.4 Å². The first-order valence-electron chi connectivity index (χ1n) is 7.99. The second-order valence-corrected chi connectivity index (χ2v) is 5.37. The van der Waals surface area contributed by atoms with Crippen molar-refractivity contribution in [3.05, 3.63) is 23.7 Å². The highest BCUT2D eigenvalue weighted by Crippen LogP contribution is 2.13. The maximum Gasteiger partial charge on any atom is 0.176 e. The number of furan rings is 1. The number of terminal acetylenes is 1. The molecule has 1 aromatic rings. The van der Waals surface area contributed by atoms with Gasteiger partial charge >= 0.3 is 0 Å². The van der Waals surface area contributed by atoms with Gasteiger partial charge in [0.2, 0.25) is 0 Å². The van der Waals surface area contributed by atoms with E-state index < -0.39 is 6.10 Å². The van der Waals surface area contributed by atoms with Crippen LogP contribution in [0.25, 0.3) is 0 Å². The summed E-state index contributed by atoms with van der Waals surface area (Å²) in [4.78, 5) is 0. The van der Waals surface area contributed by atoms with Crippen molar-refractivity contribution in [2.75, 3.05) is 0 Å². The zero-order valence-corrected chi connectivity index (χ0v) is 13.0. The third-order valence-electron chi connectivity index (χ3n) is 3.44. The molecule has 0 aliphatic rings. The molecular weight excluding hydrogens is 260 g/mol. The normalized spacial score (nSPS) is 11.5. The third-order valence-corrected chi connectivity index (χ3v) is 3.44. The number of unbranched alkanes of at least 4 members (excludes halogenated alkanes) is 7. The molecule has 1 atom stereocenters. The summed E-state index contributed by atoms with van der Waals surface area (Å²) in [6.45, 7) is 2.25. The van der Waals surface area contributed by atoms with E-state index in [1.54, 1.807) is 6.26 Å². The summed E-state index contributed by atoms with van der Waals surface area (Å²) >= 11 is 0. The van der Waals surface area contributed by atoms with Crippen molar-refractivity contribution in [2.45, 2.75) is 70.8 Å². The van der Waals surface area contributed by atoms with Gasteiger partial charge in [-0.2, -0.15) is 0 Å². The van der Waals surface area contributed by atoms with E-state index in [1.165, 1.54) is 44.9 Å². The minimum Gasteiger partial charge on any atom is -0.468 e. The zero-order valence-electron chi connectivity index (χ0n) is 13.0. The van der Waals surface area contributed by atoms with E-state index in [0.29, 0.717) is 0 Å². The molecule has 1 N–H and O–H groups in total. The van der Waals surface area contributed by atoms with Crippen molar-refractivity contribution in [1.82, 2.24) is 0 Å². The summed E-state index contributed by atoms with van der Waals surface area (Å²) in [5, 5.41) is 9.16. The van der Waals surface area contributed by atoms with E-state index in [0.717, 1.165) is 24.2 Å². The summed E-state index contributed by atoms with van der Waals surface area (Å²) in [6.07, 6.45) is 17.1. The standard InChI is InChI=1S/C19H26O2/c1-3-5-6-7-8-9-10-11-12-19-15-17(16-21-19)13-14-18(20)4-2/h2,15-16,18,20H,3,5-12H2,1H3. The maximum absolute atomic E-state index is 9.16. The molecule has 0 aliphatic heterocycles. The van der Waals surface area contributed by atoms with Crippen molar-refractivity contribution in [3.63, 3.8) is 0 Å². The van der Waals surface area contributed by atoms with E-state index in [1.807, 2.05) is 6.07 Å². The van der Waals surface area contributed by atoms with E-state index in [2.05, 4.69) is 24.7 Å². The highest BCUT2D eigenvalue weighted by atomic mass is 16.3. The monoisotopic (exact) mass is 286 g/mol. The van der Waals surface area contributed by atoms with Crippen LogP contribution in [-0.4, -0.2) is 11.2 Å². The number of hydrogen-bond donors (Lipinski definition) is 1. The highest BCUT2D eigenvalue weighted by molar-refractivity contribution is 5.35. The van der Waals surface area contributed by atoms with Gasteiger partial charge in [0, 0.05) is 6.42 Å². The van der Waals surface area contributed by atoms with Crippen molar-refractivity contribution in [3.8, 4) is 24.2 Å². The molecule has 0 radical (unpaired) electrons. The van der Waals surface area contributed by atoms with Crippen LogP contribution in [0.3, 0.4) is 0 Å². The predicted octanol–water partition coefficient (Wildman–Crippen LogP) is 4.31. The molecule has 0 amide bonds. The van der Waals surface area contributed by atoms with Crippen molar-refractivity contribution in [2.24, 2.45) is 0 Å². The Morgan fingerprint density at radius 1 is 1.14 bits per heavy atom. The van der Waals surface area contributed by atoms with Gasteiger partial charge in [-0.15, -0.1) is 6.42 Å². The van der Waals surface area contributed by atoms with Crippen LogP contribution in [0.4, 0.5) is 0 Å². The lowest BCUT2D eigenvalue weighted by Crippen LogP contribution is -1.96. The lowest BCUT2D eigenvalue weighted by Gasteiger charge is -2.00. The zero-order chi connectivity index (χ0) is 15.3. The number of aryl methyl sites for hydroxylation is 1. The molecule has 0 saturated carbocycles. The van der Waals surface area contributed by atoms with Crippen LogP contribution in [0, 0.1) is 24.2 Å². The number of aliphatic hydroxyl groups is 1. The van der Waals surface area contributed by atoms with Gasteiger partial charge in [-0.25, -0.2) is 0 Å². The molecule has 1 unspecified atom stereocenters. The second-order valence-electron chi connectivity index (χ2n) is 5.37. The van der Waals surface area contributed by atoms with Crippen molar-refractivity contribution >= 4 is 0 Å². The lowest BCUT2D eigenvalue weighted by atomic mass is 10.1. The Bertz CT molecular complexity index is 482. The number of aliphatic hydroxyl groups excluding tert-OH is 1. The molecule has 0 spiro atoms. The van der Waals surface area contributed by atoms with Crippen molar-refractivity contribution < 1.29 is 9.52 Å². The van der Waals surface area contributed by atoms with Gasteiger partial charge in [-0.3, -0.25) is 0 Å². The average molecular weight is 286 g/mol. The highest BCUT2D eigenvalue weighted by Gasteiger charge is 2.00. The Balaban J connectivity index is 2.14. The summed E-state index contributed by atoms with van der Waals surface area (Å²) in [7, 11) is 0. The maximum atomic E-state index is 9.16. The summed E-state index contributed by atoms with van der Waals surface area (Å²) in [6, 6.07) is 1.93. The number of rotatable bonds is 9. The van der Waals surface area contributed by atoms with Gasteiger partial charge < -0.3 is 9.52 Å². The molecule has 0 saturated heterocycles. The Labute approximate surface area is 128 Å². The fourth-order valence-electron chi connectivity index (χ4n) is 2.20. The molecule has 2 heteroatoms. The molecule has 0 aliphatic carbocycles. The van der Waals surface area contributed by atoms with Crippen LogP contribution >= 0.6 is 0 Å². The molecule has 0 aromatic carbocycles. The first kappa shape index (κ1) is 17.4. The van der Waals surface area contributed by atoms with E-state index >= 15 is 0 Å². The molecule has 1 rings (SSSR count). The van der Waals surface area contributed by atoms with Gasteiger partial charge in [-0.1, -0.05) is 69.6 Å². The molecule has 1 heterocycles. The van der Waals surface area contributed by atoms with Gasteiger partial charge in [0.05, 0.1) is 5.56 Å². The second kappa shape index (κ2) is 11.1. The fraction of sp³-hybridized carbons (Fsp3) is 0.579. The van der Waals surface area contributed by atoms with Gasteiger partial charge in [0.15, 0.2) is 6.10 Å². The van der Waals surface area contributed by atoms with E-state index in [9.17, 15) is 0 Å². The van der Waals surface area contributed by atoms with Gasteiger partial charge in [-0.05, 0) is 12.5 Å². The smallest absolute Gasteiger partial charge is 0.176 e. The van der Waals surface area contributed by atoms with E-state index in [4.69, 9.17) is 15.9 Å². The Morgan fingerprint density at radius 2 is 1.81 bits per heavy atom. The van der Waals surface area contributed by atoms with Gasteiger partial charge in [0.1, 0.15) is 12.0 Å². The van der Waals surface area contributed by atoms with Crippen LogP contribution in [0.1, 0.15) is 69.6 Å². The molecule has 0 bridgehead atoms.